The van der Waals surface area contributed by atoms with Crippen molar-refractivity contribution in [2.45, 2.75) is 45.9 Å². The average Bonchev–Trinajstić information content (AvgIpc) is 2.37. The molecular formula is C15H22F2N2O2. The predicted octanol–water partition coefficient (Wildman–Crippen LogP) is 2.85. The highest BCUT2D eigenvalue weighted by molar-refractivity contribution is 5.76. The lowest BCUT2D eigenvalue weighted by Gasteiger charge is -2.18. The Hall–Kier alpha value is -1.69. The summed E-state index contributed by atoms with van der Waals surface area (Å²) >= 11 is 0. The molecule has 0 aliphatic rings. The van der Waals surface area contributed by atoms with Crippen LogP contribution in [0.3, 0.4) is 0 Å². The van der Waals surface area contributed by atoms with Crippen molar-refractivity contribution < 1.29 is 18.3 Å². The predicted molar refractivity (Wildman–Crippen MR) is 77.4 cm³/mol. The van der Waals surface area contributed by atoms with Gasteiger partial charge in [0.05, 0.1) is 0 Å². The smallest absolute Gasteiger partial charge is 0.387 e. The van der Waals surface area contributed by atoms with Gasteiger partial charge in [0.1, 0.15) is 5.75 Å². The normalized spacial score (nSPS) is 12.5. The Morgan fingerprint density at radius 2 is 1.90 bits per heavy atom. The molecule has 0 fully saturated rings. The van der Waals surface area contributed by atoms with E-state index in [9.17, 15) is 13.6 Å². The molecule has 1 amide bonds. The fourth-order valence-electron chi connectivity index (χ4n) is 1.95. The van der Waals surface area contributed by atoms with Gasteiger partial charge in [-0.2, -0.15) is 8.78 Å². The Morgan fingerprint density at radius 3 is 2.52 bits per heavy atom. The van der Waals surface area contributed by atoms with Gasteiger partial charge in [0, 0.05) is 30.6 Å². The summed E-state index contributed by atoms with van der Waals surface area (Å²) in [4.78, 5) is 11.5. The maximum absolute atomic E-state index is 12.3. The van der Waals surface area contributed by atoms with E-state index in [0.29, 0.717) is 18.5 Å². The Balaban J connectivity index is 2.52. The number of nitrogens with one attached hydrogen (secondary N) is 2. The number of ether oxygens (including phenoxy) is 1. The van der Waals surface area contributed by atoms with Gasteiger partial charge < -0.3 is 15.4 Å². The Bertz CT molecular complexity index is 453. The number of carbonyl (C=O) groups is 1. The summed E-state index contributed by atoms with van der Waals surface area (Å²) in [5.41, 5.74) is 0.641. The SMILES string of the molecule is CC(C)NC(=O)CCNC(C)c1ccccc1OC(F)F. The number of hydrogen-bond acceptors (Lipinski definition) is 3. The van der Waals surface area contributed by atoms with Crippen molar-refractivity contribution in [3.63, 3.8) is 0 Å². The van der Waals surface area contributed by atoms with E-state index in [1.807, 2.05) is 20.8 Å². The van der Waals surface area contributed by atoms with Gasteiger partial charge in [-0.3, -0.25) is 4.79 Å². The van der Waals surface area contributed by atoms with Gasteiger partial charge in [-0.1, -0.05) is 18.2 Å². The van der Waals surface area contributed by atoms with Crippen molar-refractivity contribution in [3.8, 4) is 5.75 Å². The molecule has 1 aromatic carbocycles. The number of amides is 1. The van der Waals surface area contributed by atoms with Gasteiger partial charge >= 0.3 is 6.61 Å². The van der Waals surface area contributed by atoms with Crippen molar-refractivity contribution in [1.29, 1.82) is 0 Å². The molecule has 21 heavy (non-hydrogen) atoms. The summed E-state index contributed by atoms with van der Waals surface area (Å²) in [5, 5.41) is 5.92. The molecule has 0 saturated carbocycles. The van der Waals surface area contributed by atoms with Crippen molar-refractivity contribution in [3.05, 3.63) is 29.8 Å². The van der Waals surface area contributed by atoms with Gasteiger partial charge in [0.25, 0.3) is 0 Å². The zero-order valence-electron chi connectivity index (χ0n) is 12.5. The van der Waals surface area contributed by atoms with E-state index in [-0.39, 0.29) is 23.7 Å². The van der Waals surface area contributed by atoms with E-state index >= 15 is 0 Å². The van der Waals surface area contributed by atoms with Crippen LogP contribution in [-0.2, 0) is 4.79 Å². The summed E-state index contributed by atoms with van der Waals surface area (Å²) in [6, 6.07) is 6.55. The lowest BCUT2D eigenvalue weighted by atomic mass is 10.1. The van der Waals surface area contributed by atoms with Gasteiger partial charge in [0.2, 0.25) is 5.91 Å². The highest BCUT2D eigenvalue weighted by Crippen LogP contribution is 2.26. The highest BCUT2D eigenvalue weighted by Gasteiger charge is 2.14. The van der Waals surface area contributed by atoms with E-state index in [1.165, 1.54) is 6.07 Å². The molecule has 1 rings (SSSR count). The third-order valence-electron chi connectivity index (χ3n) is 2.85. The summed E-state index contributed by atoms with van der Waals surface area (Å²) in [6.45, 7) is 3.24. The molecule has 1 aromatic rings. The second kappa shape index (κ2) is 8.56. The van der Waals surface area contributed by atoms with Crippen LogP contribution in [0.25, 0.3) is 0 Å². The number of hydrogen-bond donors (Lipinski definition) is 2. The zero-order chi connectivity index (χ0) is 15.8. The first-order chi connectivity index (χ1) is 9.90. The Morgan fingerprint density at radius 1 is 1.24 bits per heavy atom. The average molecular weight is 300 g/mol. The van der Waals surface area contributed by atoms with Crippen molar-refractivity contribution in [2.75, 3.05) is 6.54 Å². The molecule has 0 aromatic heterocycles. The molecule has 0 bridgehead atoms. The molecule has 1 unspecified atom stereocenters. The monoisotopic (exact) mass is 300 g/mol. The summed E-state index contributed by atoms with van der Waals surface area (Å²) < 4.78 is 29.2. The molecule has 0 saturated heterocycles. The van der Waals surface area contributed by atoms with Crippen LogP contribution in [0.5, 0.6) is 5.75 Å². The van der Waals surface area contributed by atoms with E-state index in [0.717, 1.165) is 0 Å². The summed E-state index contributed by atoms with van der Waals surface area (Å²) in [6.07, 6.45) is 0.334. The molecular weight excluding hydrogens is 278 g/mol. The van der Waals surface area contributed by atoms with Crippen molar-refractivity contribution >= 4 is 5.91 Å². The van der Waals surface area contributed by atoms with Gasteiger partial charge in [0.15, 0.2) is 0 Å². The van der Waals surface area contributed by atoms with Crippen LogP contribution in [0.2, 0.25) is 0 Å². The standard InChI is InChI=1S/C15H22F2N2O2/c1-10(2)19-14(20)8-9-18-11(3)12-6-4-5-7-13(12)21-15(16)17/h4-7,10-11,15,18H,8-9H2,1-3H3,(H,19,20). The van der Waals surface area contributed by atoms with Crippen LogP contribution >= 0.6 is 0 Å². The highest BCUT2D eigenvalue weighted by atomic mass is 19.3. The second-order valence-corrected chi connectivity index (χ2v) is 5.06. The molecule has 0 aliphatic heterocycles. The lowest BCUT2D eigenvalue weighted by Crippen LogP contribution is -2.33. The largest absolute Gasteiger partial charge is 0.434 e. The quantitative estimate of drug-likeness (QED) is 0.776. The molecule has 2 N–H and O–H groups in total. The summed E-state index contributed by atoms with van der Waals surface area (Å²) in [7, 11) is 0. The Kier molecular flexibility index (Phi) is 7.08. The minimum absolute atomic E-state index is 0.0400. The first kappa shape index (κ1) is 17.4. The van der Waals surface area contributed by atoms with Gasteiger partial charge in [-0.25, -0.2) is 0 Å². The van der Waals surface area contributed by atoms with Gasteiger partial charge in [-0.05, 0) is 26.8 Å². The van der Waals surface area contributed by atoms with Crippen LogP contribution in [0.1, 0.15) is 38.8 Å². The first-order valence-electron chi connectivity index (χ1n) is 6.96. The van der Waals surface area contributed by atoms with Crippen LogP contribution in [0, 0.1) is 0 Å². The summed E-state index contributed by atoms with van der Waals surface area (Å²) in [5.74, 6) is 0.112. The topological polar surface area (TPSA) is 50.4 Å². The third-order valence-corrected chi connectivity index (χ3v) is 2.85. The van der Waals surface area contributed by atoms with E-state index in [1.54, 1.807) is 18.2 Å². The molecule has 118 valence electrons. The van der Waals surface area contributed by atoms with Crippen LogP contribution in [0.15, 0.2) is 24.3 Å². The number of alkyl halides is 2. The lowest BCUT2D eigenvalue weighted by molar-refractivity contribution is -0.121. The fraction of sp³-hybridized carbons (Fsp3) is 0.533. The van der Waals surface area contributed by atoms with Gasteiger partial charge in [-0.15, -0.1) is 0 Å². The molecule has 1 atom stereocenters. The number of benzene rings is 1. The molecule has 0 aliphatic carbocycles. The maximum atomic E-state index is 12.3. The second-order valence-electron chi connectivity index (χ2n) is 5.06. The van der Waals surface area contributed by atoms with Crippen molar-refractivity contribution in [1.82, 2.24) is 10.6 Å². The first-order valence-corrected chi connectivity index (χ1v) is 6.96. The van der Waals surface area contributed by atoms with Crippen LogP contribution in [0.4, 0.5) is 8.78 Å². The van der Waals surface area contributed by atoms with Crippen molar-refractivity contribution in [2.24, 2.45) is 0 Å². The van der Waals surface area contributed by atoms with Crippen LogP contribution < -0.4 is 15.4 Å². The van der Waals surface area contributed by atoms with E-state index in [4.69, 9.17) is 0 Å². The molecule has 0 radical (unpaired) electrons. The number of halogens is 2. The van der Waals surface area contributed by atoms with Crippen LogP contribution in [-0.4, -0.2) is 25.1 Å². The van der Waals surface area contributed by atoms with E-state index in [2.05, 4.69) is 15.4 Å². The zero-order valence-corrected chi connectivity index (χ0v) is 12.5. The fourth-order valence-corrected chi connectivity index (χ4v) is 1.95. The minimum atomic E-state index is -2.85. The molecule has 6 heteroatoms. The number of rotatable bonds is 8. The third kappa shape index (κ3) is 6.53. The molecule has 0 spiro atoms. The number of para-hydroxylation sites is 1. The van der Waals surface area contributed by atoms with E-state index < -0.39 is 6.61 Å². The molecule has 4 nitrogen and oxygen atoms in total. The maximum Gasteiger partial charge on any atom is 0.387 e. The minimum Gasteiger partial charge on any atom is -0.434 e. The number of carbonyl (C=O) groups excluding carboxylic acids is 1. The molecule has 0 heterocycles. The Labute approximate surface area is 123 Å².